The van der Waals surface area contributed by atoms with Crippen LogP contribution in [0.15, 0.2) is 0 Å². The molecule has 0 aromatic heterocycles. The van der Waals surface area contributed by atoms with E-state index in [0.717, 1.165) is 0 Å². The topological polar surface area (TPSA) is 157 Å². The summed E-state index contributed by atoms with van der Waals surface area (Å²) in [5.41, 5.74) is 0. The normalized spacial score (nSPS) is 46.6. The van der Waals surface area contributed by atoms with E-state index in [1.807, 2.05) is 0 Å². The summed E-state index contributed by atoms with van der Waals surface area (Å²) in [5.74, 6) is -2.58. The van der Waals surface area contributed by atoms with Crippen molar-refractivity contribution < 1.29 is 43.2 Å². The van der Waals surface area contributed by atoms with Crippen LogP contribution < -0.4 is 0 Å². The van der Waals surface area contributed by atoms with Gasteiger partial charge in [0.2, 0.25) is 12.1 Å². The first-order valence-electron chi connectivity index (χ1n) is 4.15. The molecule has 0 saturated carbocycles. The Labute approximate surface area is 92.3 Å². The molecule has 1 aliphatic heterocycles. The maximum absolute atomic E-state index is 10.3. The number of hydrogen-bond acceptors (Lipinski definition) is 8. The highest BCUT2D eigenvalue weighted by Gasteiger charge is 2.53. The average Bonchev–Trinajstić information content (AvgIpc) is 2.22. The summed E-state index contributed by atoms with van der Waals surface area (Å²) in [5, 5.41) is 46.1. The standard InChI is InChI=1S/C6H12O9S/c7-1-6(11)4(10)2(8)3(9)5(14-6)15-16(12)13/h2-5,7-11H,1H2,(H,12,13)/t2-,3+,4+,5?,6+/m1/s1. The third-order valence-electron chi connectivity index (χ3n) is 2.14. The van der Waals surface area contributed by atoms with Crippen LogP contribution in [-0.2, 0) is 20.3 Å². The van der Waals surface area contributed by atoms with Crippen molar-refractivity contribution in [2.24, 2.45) is 0 Å². The van der Waals surface area contributed by atoms with Gasteiger partial charge in [-0.2, -0.15) is 4.21 Å². The molecule has 0 radical (unpaired) electrons. The van der Waals surface area contributed by atoms with Crippen LogP contribution in [0.5, 0.6) is 0 Å². The average molecular weight is 260 g/mol. The lowest BCUT2D eigenvalue weighted by Crippen LogP contribution is -2.66. The van der Waals surface area contributed by atoms with Gasteiger partial charge in [-0.1, -0.05) is 0 Å². The van der Waals surface area contributed by atoms with E-state index in [9.17, 15) is 24.6 Å². The van der Waals surface area contributed by atoms with Gasteiger partial charge in [0.1, 0.15) is 18.3 Å². The molecule has 10 heteroatoms. The maximum atomic E-state index is 10.3. The van der Waals surface area contributed by atoms with Gasteiger partial charge in [0.15, 0.2) is 0 Å². The van der Waals surface area contributed by atoms with E-state index in [2.05, 4.69) is 8.92 Å². The van der Waals surface area contributed by atoms with Crippen molar-refractivity contribution in [1.29, 1.82) is 0 Å². The molecule has 6 N–H and O–H groups in total. The van der Waals surface area contributed by atoms with Gasteiger partial charge in [0.05, 0.1) is 6.61 Å². The summed E-state index contributed by atoms with van der Waals surface area (Å²) in [4.78, 5) is 0. The minimum Gasteiger partial charge on any atom is -0.391 e. The van der Waals surface area contributed by atoms with Crippen LogP contribution in [0.3, 0.4) is 0 Å². The number of rotatable bonds is 3. The predicted octanol–water partition coefficient (Wildman–Crippen LogP) is -3.74. The Morgan fingerprint density at radius 1 is 1.31 bits per heavy atom. The highest BCUT2D eigenvalue weighted by Crippen LogP contribution is 2.28. The highest BCUT2D eigenvalue weighted by atomic mass is 32.2. The van der Waals surface area contributed by atoms with E-state index in [1.165, 1.54) is 0 Å². The third kappa shape index (κ3) is 2.56. The molecule has 1 heterocycles. The molecule has 0 aromatic carbocycles. The van der Waals surface area contributed by atoms with E-state index >= 15 is 0 Å². The van der Waals surface area contributed by atoms with Crippen LogP contribution in [0.1, 0.15) is 0 Å². The van der Waals surface area contributed by atoms with Crippen LogP contribution in [-0.4, -0.2) is 71.3 Å². The highest BCUT2D eigenvalue weighted by molar-refractivity contribution is 7.74. The van der Waals surface area contributed by atoms with Gasteiger partial charge < -0.3 is 30.3 Å². The number of aliphatic hydroxyl groups excluding tert-OH is 4. The zero-order chi connectivity index (χ0) is 12.5. The number of aliphatic hydroxyl groups is 5. The molecule has 1 rings (SSSR count). The summed E-state index contributed by atoms with van der Waals surface area (Å²) >= 11 is -2.82. The molecular formula is C6H12O9S. The molecule has 0 aromatic rings. The Morgan fingerprint density at radius 3 is 2.31 bits per heavy atom. The number of ether oxygens (including phenoxy) is 1. The van der Waals surface area contributed by atoms with E-state index in [0.29, 0.717) is 0 Å². The Morgan fingerprint density at radius 2 is 1.88 bits per heavy atom. The van der Waals surface area contributed by atoms with Crippen molar-refractivity contribution in [2.45, 2.75) is 30.4 Å². The Balaban J connectivity index is 2.85. The van der Waals surface area contributed by atoms with Gasteiger partial charge in [-0.05, 0) is 0 Å². The summed E-state index contributed by atoms with van der Waals surface area (Å²) in [7, 11) is 0. The summed E-state index contributed by atoms with van der Waals surface area (Å²) in [6.07, 6.45) is -7.60. The van der Waals surface area contributed by atoms with E-state index in [-0.39, 0.29) is 0 Å². The van der Waals surface area contributed by atoms with Crippen molar-refractivity contribution in [3.05, 3.63) is 0 Å². The SMILES string of the molecule is O=S(O)OC1O[C@@](O)(CO)[C@@H](O)[C@H](O)[C@@H]1O. The second kappa shape index (κ2) is 5.00. The molecule has 0 amide bonds. The Kier molecular flexibility index (Phi) is 4.34. The first-order valence-corrected chi connectivity index (χ1v) is 5.18. The fourth-order valence-electron chi connectivity index (χ4n) is 1.24. The quantitative estimate of drug-likeness (QED) is 0.280. The number of hydrogen-bond donors (Lipinski definition) is 6. The lowest BCUT2D eigenvalue weighted by atomic mass is 9.96. The molecule has 1 aliphatic rings. The predicted molar refractivity (Wildman–Crippen MR) is 46.8 cm³/mol. The van der Waals surface area contributed by atoms with Gasteiger partial charge in [0.25, 0.3) is 0 Å². The second-order valence-electron chi connectivity index (χ2n) is 3.23. The smallest absolute Gasteiger partial charge is 0.304 e. The van der Waals surface area contributed by atoms with Crippen molar-refractivity contribution >= 4 is 11.4 Å². The fourth-order valence-corrected chi connectivity index (χ4v) is 1.56. The molecular weight excluding hydrogens is 248 g/mol. The molecule has 16 heavy (non-hydrogen) atoms. The van der Waals surface area contributed by atoms with Crippen LogP contribution >= 0.6 is 0 Å². The van der Waals surface area contributed by atoms with E-state index in [4.69, 9.17) is 9.66 Å². The molecule has 0 aliphatic carbocycles. The zero-order valence-electron chi connectivity index (χ0n) is 7.83. The van der Waals surface area contributed by atoms with E-state index in [1.54, 1.807) is 0 Å². The Hall–Kier alpha value is -0.170. The zero-order valence-corrected chi connectivity index (χ0v) is 8.65. The monoisotopic (exact) mass is 260 g/mol. The molecule has 1 saturated heterocycles. The molecule has 9 nitrogen and oxygen atoms in total. The summed E-state index contributed by atoms with van der Waals surface area (Å²) in [6.45, 7) is -1.10. The molecule has 6 atom stereocenters. The first-order chi connectivity index (χ1) is 7.31. The van der Waals surface area contributed by atoms with Crippen molar-refractivity contribution in [3.63, 3.8) is 0 Å². The van der Waals surface area contributed by atoms with Crippen LogP contribution in [0, 0.1) is 0 Å². The maximum Gasteiger partial charge on any atom is 0.304 e. The largest absolute Gasteiger partial charge is 0.391 e. The van der Waals surface area contributed by atoms with Crippen molar-refractivity contribution in [2.75, 3.05) is 6.61 Å². The van der Waals surface area contributed by atoms with Crippen LogP contribution in [0.2, 0.25) is 0 Å². The third-order valence-corrected chi connectivity index (χ3v) is 2.49. The second-order valence-corrected chi connectivity index (χ2v) is 3.86. The molecule has 0 bridgehead atoms. The van der Waals surface area contributed by atoms with Gasteiger partial charge in [0, 0.05) is 0 Å². The molecule has 2 unspecified atom stereocenters. The van der Waals surface area contributed by atoms with Crippen LogP contribution in [0.25, 0.3) is 0 Å². The van der Waals surface area contributed by atoms with E-state index < -0.39 is 48.4 Å². The van der Waals surface area contributed by atoms with Crippen LogP contribution in [0.4, 0.5) is 0 Å². The summed E-state index contributed by atoms with van der Waals surface area (Å²) < 4.78 is 27.3. The minimum absolute atomic E-state index is 1.10. The van der Waals surface area contributed by atoms with Gasteiger partial charge in [-0.15, -0.1) is 0 Å². The Bertz CT molecular complexity index is 273. The fraction of sp³-hybridized carbons (Fsp3) is 1.00. The first kappa shape index (κ1) is 13.9. The molecule has 1 fully saturated rings. The van der Waals surface area contributed by atoms with Gasteiger partial charge in [-0.25, -0.2) is 4.18 Å². The molecule has 96 valence electrons. The lowest BCUT2D eigenvalue weighted by Gasteiger charge is -2.43. The minimum atomic E-state index is -2.82. The summed E-state index contributed by atoms with van der Waals surface area (Å²) in [6, 6.07) is 0. The van der Waals surface area contributed by atoms with Crippen molar-refractivity contribution in [1.82, 2.24) is 0 Å². The van der Waals surface area contributed by atoms with Crippen molar-refractivity contribution in [3.8, 4) is 0 Å². The molecule has 0 spiro atoms. The van der Waals surface area contributed by atoms with Gasteiger partial charge >= 0.3 is 11.4 Å². The lowest BCUT2D eigenvalue weighted by molar-refractivity contribution is -0.383. The van der Waals surface area contributed by atoms with Gasteiger partial charge in [-0.3, -0.25) is 4.55 Å².